The van der Waals surface area contributed by atoms with Crippen LogP contribution in [0.15, 0.2) is 0 Å². The van der Waals surface area contributed by atoms with Gasteiger partial charge in [-0.05, 0) is 31.1 Å². The second kappa shape index (κ2) is 5.61. The summed E-state index contributed by atoms with van der Waals surface area (Å²) in [6.07, 6.45) is 5.72. The van der Waals surface area contributed by atoms with E-state index in [1.54, 1.807) is 7.11 Å². The van der Waals surface area contributed by atoms with Gasteiger partial charge in [-0.3, -0.25) is 0 Å². The average Bonchev–Trinajstić information content (AvgIpc) is 2.15. The first-order chi connectivity index (χ1) is 6.25. The predicted octanol–water partition coefficient (Wildman–Crippen LogP) is 2.21. The number of ether oxygens (including phenoxy) is 1. The van der Waals surface area contributed by atoms with Gasteiger partial charge in [-0.15, -0.1) is 0 Å². The summed E-state index contributed by atoms with van der Waals surface area (Å²) in [5, 5.41) is 9.80. The van der Waals surface area contributed by atoms with Crippen LogP contribution in [-0.4, -0.2) is 24.9 Å². The molecule has 1 rings (SSSR count). The number of rotatable bonds is 4. The molecule has 1 aliphatic rings. The van der Waals surface area contributed by atoms with Crippen LogP contribution in [0.25, 0.3) is 0 Å². The number of aliphatic hydroxyl groups excluding tert-OH is 1. The van der Waals surface area contributed by atoms with Crippen LogP contribution < -0.4 is 0 Å². The van der Waals surface area contributed by atoms with Crippen molar-refractivity contribution in [1.82, 2.24) is 0 Å². The van der Waals surface area contributed by atoms with Crippen LogP contribution in [0.3, 0.4) is 0 Å². The molecule has 0 amide bonds. The van der Waals surface area contributed by atoms with Gasteiger partial charge in [-0.25, -0.2) is 0 Å². The van der Waals surface area contributed by atoms with E-state index in [4.69, 9.17) is 4.74 Å². The minimum absolute atomic E-state index is 0.0550. The van der Waals surface area contributed by atoms with Gasteiger partial charge in [0.25, 0.3) is 0 Å². The molecule has 0 bridgehead atoms. The summed E-state index contributed by atoms with van der Waals surface area (Å²) in [6, 6.07) is 0. The van der Waals surface area contributed by atoms with Gasteiger partial charge in [0, 0.05) is 13.7 Å². The van der Waals surface area contributed by atoms with E-state index in [0.29, 0.717) is 11.8 Å². The molecule has 1 N–H and O–H groups in total. The minimum Gasteiger partial charge on any atom is -0.393 e. The molecular formula is C11H22O2. The van der Waals surface area contributed by atoms with E-state index in [0.717, 1.165) is 19.4 Å². The lowest BCUT2D eigenvalue weighted by molar-refractivity contribution is 0.0317. The summed E-state index contributed by atoms with van der Waals surface area (Å²) in [5.41, 5.74) is 0. The zero-order chi connectivity index (χ0) is 9.68. The van der Waals surface area contributed by atoms with Crippen molar-refractivity contribution >= 4 is 0 Å². The quantitative estimate of drug-likeness (QED) is 0.729. The Morgan fingerprint density at radius 3 is 2.69 bits per heavy atom. The van der Waals surface area contributed by atoms with Crippen molar-refractivity contribution in [3.63, 3.8) is 0 Å². The molecule has 0 aromatic rings. The normalized spacial score (nSPS) is 31.6. The molecule has 2 heteroatoms. The van der Waals surface area contributed by atoms with Crippen molar-refractivity contribution < 1.29 is 9.84 Å². The van der Waals surface area contributed by atoms with Crippen molar-refractivity contribution in [2.75, 3.05) is 13.7 Å². The van der Waals surface area contributed by atoms with Crippen LogP contribution in [0.1, 0.15) is 39.0 Å². The van der Waals surface area contributed by atoms with Crippen LogP contribution in [0, 0.1) is 11.8 Å². The smallest absolute Gasteiger partial charge is 0.0571 e. The molecule has 0 saturated heterocycles. The molecule has 0 spiro atoms. The van der Waals surface area contributed by atoms with Crippen LogP contribution in [0.4, 0.5) is 0 Å². The highest BCUT2D eigenvalue weighted by atomic mass is 16.5. The summed E-state index contributed by atoms with van der Waals surface area (Å²) >= 11 is 0. The van der Waals surface area contributed by atoms with Crippen molar-refractivity contribution in [3.05, 3.63) is 0 Å². The van der Waals surface area contributed by atoms with E-state index >= 15 is 0 Å². The molecule has 0 aromatic carbocycles. The first-order valence-corrected chi connectivity index (χ1v) is 5.42. The standard InChI is InChI=1S/C11H22O2/c1-9(7-8-13-2)10-5-3-4-6-11(10)12/h9-12H,3-8H2,1-2H3. The Morgan fingerprint density at radius 1 is 1.38 bits per heavy atom. The van der Waals surface area contributed by atoms with Crippen LogP contribution in [-0.2, 0) is 4.74 Å². The number of methoxy groups -OCH3 is 1. The summed E-state index contributed by atoms with van der Waals surface area (Å²) in [4.78, 5) is 0. The third-order valence-electron chi connectivity index (χ3n) is 3.29. The summed E-state index contributed by atoms with van der Waals surface area (Å²) in [7, 11) is 1.74. The van der Waals surface area contributed by atoms with Gasteiger partial charge in [0.2, 0.25) is 0 Å². The molecule has 78 valence electrons. The molecule has 2 nitrogen and oxygen atoms in total. The molecule has 1 fully saturated rings. The number of hydrogen-bond donors (Lipinski definition) is 1. The first kappa shape index (κ1) is 11.0. The molecule has 3 unspecified atom stereocenters. The molecule has 0 aliphatic heterocycles. The lowest BCUT2D eigenvalue weighted by atomic mass is 9.77. The van der Waals surface area contributed by atoms with E-state index in [2.05, 4.69) is 6.92 Å². The van der Waals surface area contributed by atoms with Crippen LogP contribution in [0.2, 0.25) is 0 Å². The molecular weight excluding hydrogens is 164 g/mol. The average molecular weight is 186 g/mol. The van der Waals surface area contributed by atoms with Gasteiger partial charge in [-0.2, -0.15) is 0 Å². The zero-order valence-corrected chi connectivity index (χ0v) is 8.83. The van der Waals surface area contributed by atoms with Gasteiger partial charge in [-0.1, -0.05) is 19.8 Å². The predicted molar refractivity (Wildman–Crippen MR) is 53.6 cm³/mol. The molecule has 1 aliphatic carbocycles. The molecule has 0 aromatic heterocycles. The van der Waals surface area contributed by atoms with E-state index in [-0.39, 0.29) is 6.10 Å². The van der Waals surface area contributed by atoms with E-state index in [1.807, 2.05) is 0 Å². The van der Waals surface area contributed by atoms with Gasteiger partial charge < -0.3 is 9.84 Å². The monoisotopic (exact) mass is 186 g/mol. The highest BCUT2D eigenvalue weighted by molar-refractivity contribution is 4.78. The summed E-state index contributed by atoms with van der Waals surface area (Å²) in [6.45, 7) is 3.06. The Morgan fingerprint density at radius 2 is 2.08 bits per heavy atom. The molecule has 1 saturated carbocycles. The van der Waals surface area contributed by atoms with E-state index in [9.17, 15) is 5.11 Å². The summed E-state index contributed by atoms with van der Waals surface area (Å²) in [5.74, 6) is 1.12. The van der Waals surface area contributed by atoms with Crippen molar-refractivity contribution in [2.45, 2.75) is 45.1 Å². The maximum absolute atomic E-state index is 9.80. The van der Waals surface area contributed by atoms with Gasteiger partial charge in [0.15, 0.2) is 0 Å². The zero-order valence-electron chi connectivity index (χ0n) is 8.83. The van der Waals surface area contributed by atoms with Crippen LogP contribution in [0.5, 0.6) is 0 Å². The Hall–Kier alpha value is -0.0800. The largest absolute Gasteiger partial charge is 0.393 e. The Labute approximate surface area is 81.3 Å². The fourth-order valence-electron chi connectivity index (χ4n) is 2.32. The lowest BCUT2D eigenvalue weighted by Gasteiger charge is -2.32. The fraction of sp³-hybridized carbons (Fsp3) is 1.00. The molecule has 0 radical (unpaired) electrons. The minimum atomic E-state index is -0.0550. The summed E-state index contributed by atoms with van der Waals surface area (Å²) < 4.78 is 5.06. The van der Waals surface area contributed by atoms with Gasteiger partial charge >= 0.3 is 0 Å². The maximum atomic E-state index is 9.80. The maximum Gasteiger partial charge on any atom is 0.0571 e. The van der Waals surface area contributed by atoms with E-state index < -0.39 is 0 Å². The van der Waals surface area contributed by atoms with Crippen molar-refractivity contribution in [2.24, 2.45) is 11.8 Å². The second-order valence-electron chi connectivity index (χ2n) is 4.27. The van der Waals surface area contributed by atoms with Crippen molar-refractivity contribution in [1.29, 1.82) is 0 Å². The molecule has 13 heavy (non-hydrogen) atoms. The third-order valence-corrected chi connectivity index (χ3v) is 3.29. The van der Waals surface area contributed by atoms with Crippen molar-refractivity contribution in [3.8, 4) is 0 Å². The molecule has 3 atom stereocenters. The second-order valence-corrected chi connectivity index (χ2v) is 4.27. The fourth-order valence-corrected chi connectivity index (χ4v) is 2.32. The lowest BCUT2D eigenvalue weighted by Crippen LogP contribution is -2.30. The van der Waals surface area contributed by atoms with Gasteiger partial charge in [0.05, 0.1) is 6.10 Å². The Balaban J connectivity index is 2.30. The number of hydrogen-bond acceptors (Lipinski definition) is 2. The number of aliphatic hydroxyl groups is 1. The Bertz CT molecular complexity index is 136. The topological polar surface area (TPSA) is 29.5 Å². The SMILES string of the molecule is COCCC(C)C1CCCCC1O. The molecule has 0 heterocycles. The highest BCUT2D eigenvalue weighted by Gasteiger charge is 2.27. The third kappa shape index (κ3) is 3.28. The Kier molecular flexibility index (Phi) is 4.74. The highest BCUT2D eigenvalue weighted by Crippen LogP contribution is 2.31. The van der Waals surface area contributed by atoms with E-state index in [1.165, 1.54) is 19.3 Å². The van der Waals surface area contributed by atoms with Crippen LogP contribution >= 0.6 is 0 Å². The van der Waals surface area contributed by atoms with Gasteiger partial charge in [0.1, 0.15) is 0 Å². The first-order valence-electron chi connectivity index (χ1n) is 5.42.